The summed E-state index contributed by atoms with van der Waals surface area (Å²) in [5, 5.41) is 0. The van der Waals surface area contributed by atoms with Crippen molar-refractivity contribution < 1.29 is 36.3 Å². The largest absolute Gasteiger partial charge is 0.647 e. The molecule has 6 aromatic rings. The van der Waals surface area contributed by atoms with Crippen molar-refractivity contribution in [2.45, 2.75) is 131 Å². The van der Waals surface area contributed by atoms with Crippen molar-refractivity contribution in [3.63, 3.8) is 0 Å². The molecule has 0 aliphatic heterocycles. The molecule has 0 heterocycles. The second kappa shape index (κ2) is 21.5. The van der Waals surface area contributed by atoms with E-state index in [4.69, 9.17) is 27.1 Å². The molecule has 348 valence electrons. The summed E-state index contributed by atoms with van der Waals surface area (Å²) in [4.78, 5) is 0. The molecule has 6 aromatic carbocycles. The van der Waals surface area contributed by atoms with E-state index >= 15 is 0 Å². The van der Waals surface area contributed by atoms with Gasteiger partial charge in [-0.25, -0.2) is 0 Å². The van der Waals surface area contributed by atoms with Gasteiger partial charge in [0.05, 0.1) is 0 Å². The maximum Gasteiger partial charge on any atom is 0.647 e. The molecule has 1 fully saturated rings. The lowest BCUT2D eigenvalue weighted by Crippen LogP contribution is -2.28. The van der Waals surface area contributed by atoms with Crippen LogP contribution >= 0.6 is 15.6 Å². The highest BCUT2D eigenvalue weighted by atomic mass is 31.2. The third-order valence-electron chi connectivity index (χ3n) is 12.9. The van der Waals surface area contributed by atoms with Crippen LogP contribution in [-0.4, -0.2) is 0 Å². The van der Waals surface area contributed by atoms with Crippen molar-refractivity contribution in [1.29, 1.82) is 0 Å². The summed E-state index contributed by atoms with van der Waals surface area (Å²) < 4.78 is 67.7. The van der Waals surface area contributed by atoms with E-state index in [1.165, 1.54) is 32.1 Å². The number of hydrogen-bond acceptors (Lipinski definition) is 8. The fourth-order valence-electron chi connectivity index (χ4n) is 9.22. The average molecular weight is 929 g/mol. The monoisotopic (exact) mass is 928 g/mol. The topological polar surface area (TPSA) is 89.5 Å². The van der Waals surface area contributed by atoms with Gasteiger partial charge in [0, 0.05) is 5.41 Å². The van der Waals surface area contributed by atoms with Gasteiger partial charge < -0.3 is 27.1 Å². The summed E-state index contributed by atoms with van der Waals surface area (Å²) in [5.74, 6) is 2.61. The van der Waals surface area contributed by atoms with Gasteiger partial charge in [-0.2, -0.15) is 9.13 Å². The van der Waals surface area contributed by atoms with Gasteiger partial charge in [0.15, 0.2) is 0 Å². The Labute approximate surface area is 393 Å². The minimum absolute atomic E-state index is 0.364. The molecule has 0 spiro atoms. The second-order valence-corrected chi connectivity index (χ2v) is 21.0. The molecule has 1 saturated carbocycles. The molecule has 0 amide bonds. The Balaban J connectivity index is 1.24. The maximum atomic E-state index is 14.9. The van der Waals surface area contributed by atoms with Crippen molar-refractivity contribution in [2.24, 2.45) is 0 Å². The fraction of sp³-hybridized carbons (Fsp3) is 0.357. The Bertz CT molecular complexity index is 2310. The Morgan fingerprint density at radius 2 is 0.545 bits per heavy atom. The van der Waals surface area contributed by atoms with Crippen LogP contribution in [0.5, 0.6) is 34.5 Å². The zero-order valence-electron chi connectivity index (χ0n) is 40.0. The van der Waals surface area contributed by atoms with Gasteiger partial charge in [0.2, 0.25) is 0 Å². The first-order valence-corrected chi connectivity index (χ1v) is 26.4. The molecule has 0 aromatic heterocycles. The molecule has 1 aliphatic rings. The summed E-state index contributed by atoms with van der Waals surface area (Å²) in [6, 6.07) is 39.0. The molecule has 8 nitrogen and oxygen atoms in total. The number of phosphoric acid groups is 2. The third-order valence-corrected chi connectivity index (χ3v) is 15.4. The van der Waals surface area contributed by atoms with Gasteiger partial charge in [0.25, 0.3) is 0 Å². The zero-order chi connectivity index (χ0) is 46.9. The minimum Gasteiger partial charge on any atom is -0.386 e. The second-order valence-electron chi connectivity index (χ2n) is 18.1. The predicted octanol–water partition coefficient (Wildman–Crippen LogP) is 17.0. The van der Waals surface area contributed by atoms with Gasteiger partial charge in [-0.15, -0.1) is 0 Å². The minimum atomic E-state index is -4.28. The van der Waals surface area contributed by atoms with Gasteiger partial charge in [-0.1, -0.05) is 155 Å². The van der Waals surface area contributed by atoms with Crippen LogP contribution in [0.3, 0.4) is 0 Å². The number of phosphoric ester groups is 2. The molecular formula is C56H66O8P2. The fourth-order valence-corrected chi connectivity index (χ4v) is 12.2. The Morgan fingerprint density at radius 3 is 0.788 bits per heavy atom. The van der Waals surface area contributed by atoms with Crippen molar-refractivity contribution in [1.82, 2.24) is 0 Å². The third kappa shape index (κ3) is 11.7. The molecular weight excluding hydrogens is 863 g/mol. The van der Waals surface area contributed by atoms with Crippen LogP contribution in [0.25, 0.3) is 0 Å². The summed E-state index contributed by atoms with van der Waals surface area (Å²) in [5.41, 5.74) is 8.49. The van der Waals surface area contributed by atoms with Gasteiger partial charge in [-0.05, 0) is 148 Å². The van der Waals surface area contributed by atoms with E-state index < -0.39 is 15.6 Å². The Kier molecular flexibility index (Phi) is 15.8. The average Bonchev–Trinajstić information content (AvgIpc) is 3.27. The molecule has 0 saturated heterocycles. The standard InChI is InChI=1S/C56H66O8P2/c1-40-22-18-23-41(2)52(40)61-65(57,62-53-42(3)24-19-25-43(53)4)59-50-34-30-48(31-35-50)56(38-16-14-12-10-9-11-13-15-17-39-56)49-32-36-51(37-33-49)60-66(58,63-54-44(5)26-20-27-45(54)6)64-55-46(7)28-21-29-47(55)8/h18-37H,9-17,38-39H2,1-8H3. The van der Waals surface area contributed by atoms with E-state index in [1.807, 2.05) is 152 Å². The molecule has 7 rings (SSSR count). The number of benzene rings is 6. The molecule has 0 unspecified atom stereocenters. The van der Waals surface area contributed by atoms with Crippen LogP contribution in [0, 0.1) is 55.4 Å². The number of hydrogen-bond donors (Lipinski definition) is 0. The van der Waals surface area contributed by atoms with Gasteiger partial charge in [0.1, 0.15) is 34.5 Å². The van der Waals surface area contributed by atoms with E-state index in [2.05, 4.69) is 24.3 Å². The molecule has 66 heavy (non-hydrogen) atoms. The lowest BCUT2D eigenvalue weighted by Gasteiger charge is -2.36. The smallest absolute Gasteiger partial charge is 0.386 e. The van der Waals surface area contributed by atoms with Crippen LogP contribution in [0.4, 0.5) is 0 Å². The van der Waals surface area contributed by atoms with E-state index in [9.17, 15) is 9.13 Å². The highest BCUT2D eigenvalue weighted by Gasteiger charge is 2.39. The summed E-state index contributed by atoms with van der Waals surface area (Å²) >= 11 is 0. The molecule has 0 bridgehead atoms. The van der Waals surface area contributed by atoms with E-state index in [-0.39, 0.29) is 5.41 Å². The summed E-state index contributed by atoms with van der Waals surface area (Å²) in [7, 11) is -8.57. The SMILES string of the molecule is Cc1cccc(C)c1OP(=O)(Oc1ccc(C2(c3ccc(OP(=O)(Oc4c(C)cccc4C)Oc4c(C)cccc4C)cc3)CCCCCCCCCCC2)cc1)Oc1c(C)cccc1C. The number of aryl methyl sites for hydroxylation is 8. The normalized spacial score (nSPS) is 14.8. The highest BCUT2D eigenvalue weighted by Crippen LogP contribution is 2.55. The molecule has 0 radical (unpaired) electrons. The Hall–Kier alpha value is -5.42. The first kappa shape index (κ1) is 48.5. The van der Waals surface area contributed by atoms with Crippen LogP contribution in [-0.2, 0) is 14.5 Å². The quantitative estimate of drug-likeness (QED) is 0.0998. The van der Waals surface area contributed by atoms with Crippen molar-refractivity contribution >= 4 is 15.6 Å². The molecule has 1 aliphatic carbocycles. The first-order valence-electron chi connectivity index (χ1n) is 23.5. The number of para-hydroxylation sites is 4. The maximum absolute atomic E-state index is 14.9. The lowest BCUT2D eigenvalue weighted by atomic mass is 9.67. The first-order chi connectivity index (χ1) is 31.7. The summed E-state index contributed by atoms with van der Waals surface area (Å²) in [6.07, 6.45) is 12.5. The van der Waals surface area contributed by atoms with Crippen LogP contribution < -0.4 is 27.1 Å². The number of rotatable bonds is 14. The van der Waals surface area contributed by atoms with Gasteiger partial charge >= 0.3 is 15.6 Å². The molecule has 0 N–H and O–H groups in total. The van der Waals surface area contributed by atoms with Crippen LogP contribution in [0.15, 0.2) is 121 Å². The Morgan fingerprint density at radius 1 is 0.318 bits per heavy atom. The van der Waals surface area contributed by atoms with Gasteiger partial charge in [-0.3, -0.25) is 0 Å². The molecule has 10 heteroatoms. The van der Waals surface area contributed by atoms with E-state index in [1.54, 1.807) is 0 Å². The predicted molar refractivity (Wildman–Crippen MR) is 267 cm³/mol. The van der Waals surface area contributed by atoms with Crippen molar-refractivity contribution in [3.8, 4) is 34.5 Å². The van der Waals surface area contributed by atoms with E-state index in [0.29, 0.717) is 34.5 Å². The van der Waals surface area contributed by atoms with Crippen LogP contribution in [0.2, 0.25) is 0 Å². The summed E-state index contributed by atoms with van der Waals surface area (Å²) in [6.45, 7) is 15.3. The van der Waals surface area contributed by atoms with E-state index in [0.717, 1.165) is 94.2 Å². The van der Waals surface area contributed by atoms with Crippen molar-refractivity contribution in [3.05, 3.63) is 177 Å². The highest BCUT2D eigenvalue weighted by molar-refractivity contribution is 7.50. The zero-order valence-corrected chi connectivity index (χ0v) is 41.8. The van der Waals surface area contributed by atoms with Crippen LogP contribution in [0.1, 0.15) is 126 Å². The van der Waals surface area contributed by atoms with Crippen molar-refractivity contribution in [2.75, 3.05) is 0 Å². The molecule has 0 atom stereocenters. The lowest BCUT2D eigenvalue weighted by molar-refractivity contribution is 0.294.